The summed E-state index contributed by atoms with van der Waals surface area (Å²) in [6.45, 7) is 1.82. The number of carbonyl (C=O) groups is 2. The van der Waals surface area contributed by atoms with Gasteiger partial charge < -0.3 is 10.6 Å². The maximum atomic E-state index is 12.7. The van der Waals surface area contributed by atoms with Crippen molar-refractivity contribution >= 4 is 29.1 Å². The van der Waals surface area contributed by atoms with E-state index < -0.39 is 0 Å². The van der Waals surface area contributed by atoms with Crippen molar-refractivity contribution in [1.82, 2.24) is 15.1 Å². The maximum absolute atomic E-state index is 12.7. The second-order valence-electron chi connectivity index (χ2n) is 6.79. The molecule has 4 rings (SSSR count). The predicted octanol–water partition coefficient (Wildman–Crippen LogP) is 3.98. The molecule has 0 unspecified atom stereocenters. The van der Waals surface area contributed by atoms with Gasteiger partial charge in [0, 0.05) is 17.3 Å². The first-order chi connectivity index (χ1) is 13.5. The van der Waals surface area contributed by atoms with Crippen LogP contribution in [-0.4, -0.2) is 27.6 Å². The van der Waals surface area contributed by atoms with Crippen molar-refractivity contribution in [2.24, 2.45) is 0 Å². The Morgan fingerprint density at radius 2 is 1.79 bits per heavy atom. The van der Waals surface area contributed by atoms with E-state index in [1.807, 2.05) is 25.1 Å². The van der Waals surface area contributed by atoms with Gasteiger partial charge in [0.1, 0.15) is 0 Å². The zero-order valence-electron chi connectivity index (χ0n) is 15.3. The van der Waals surface area contributed by atoms with Gasteiger partial charge in [-0.1, -0.05) is 23.7 Å². The molecule has 1 aliphatic rings. The summed E-state index contributed by atoms with van der Waals surface area (Å²) in [5, 5.41) is 10.6. The number of para-hydroxylation sites is 1. The molecule has 1 fully saturated rings. The van der Waals surface area contributed by atoms with E-state index in [0.717, 1.165) is 12.8 Å². The van der Waals surface area contributed by atoms with Gasteiger partial charge in [-0.15, -0.1) is 0 Å². The van der Waals surface area contributed by atoms with Gasteiger partial charge in [-0.05, 0) is 56.2 Å². The molecule has 0 radical (unpaired) electrons. The van der Waals surface area contributed by atoms with Crippen LogP contribution in [0.15, 0.2) is 54.7 Å². The Balaban J connectivity index is 1.48. The fraction of sp³-hybridized carbons (Fsp3) is 0.190. The largest absolute Gasteiger partial charge is 0.349 e. The van der Waals surface area contributed by atoms with E-state index >= 15 is 0 Å². The highest BCUT2D eigenvalue weighted by Crippen LogP contribution is 2.23. The first-order valence-corrected chi connectivity index (χ1v) is 9.42. The Bertz CT molecular complexity index is 1040. The minimum Gasteiger partial charge on any atom is -0.349 e. The topological polar surface area (TPSA) is 76.0 Å². The number of anilines is 1. The van der Waals surface area contributed by atoms with Crippen LogP contribution >= 0.6 is 11.6 Å². The van der Waals surface area contributed by atoms with Crippen LogP contribution in [0, 0.1) is 6.92 Å². The number of nitrogens with zero attached hydrogens (tertiary/aromatic N) is 2. The SMILES string of the molecule is Cc1c(C(=O)Nc2ccc(C(=O)NC3CC3)cc2)cnn1-c1ccccc1Cl. The molecule has 6 nitrogen and oxygen atoms in total. The van der Waals surface area contributed by atoms with Crippen molar-refractivity contribution < 1.29 is 9.59 Å². The monoisotopic (exact) mass is 394 g/mol. The molecule has 0 bridgehead atoms. The van der Waals surface area contributed by atoms with Crippen LogP contribution in [0.3, 0.4) is 0 Å². The summed E-state index contributed by atoms with van der Waals surface area (Å²) in [7, 11) is 0. The molecule has 2 N–H and O–H groups in total. The average Bonchev–Trinajstić information content (AvgIpc) is 3.42. The number of rotatable bonds is 5. The molecule has 0 spiro atoms. The first kappa shape index (κ1) is 18.3. The molecule has 2 aromatic carbocycles. The summed E-state index contributed by atoms with van der Waals surface area (Å²) in [5.74, 6) is -0.358. The molecule has 1 aliphatic carbocycles. The van der Waals surface area contributed by atoms with Crippen LogP contribution < -0.4 is 10.6 Å². The maximum Gasteiger partial charge on any atom is 0.259 e. The summed E-state index contributed by atoms with van der Waals surface area (Å²) < 4.78 is 1.64. The van der Waals surface area contributed by atoms with E-state index in [-0.39, 0.29) is 11.8 Å². The van der Waals surface area contributed by atoms with Crippen molar-refractivity contribution in [3.05, 3.63) is 76.6 Å². The number of amides is 2. The van der Waals surface area contributed by atoms with Gasteiger partial charge in [0.05, 0.1) is 28.2 Å². The van der Waals surface area contributed by atoms with Gasteiger partial charge >= 0.3 is 0 Å². The second-order valence-corrected chi connectivity index (χ2v) is 7.19. The number of carbonyl (C=O) groups excluding carboxylic acids is 2. The fourth-order valence-electron chi connectivity index (χ4n) is 2.90. The van der Waals surface area contributed by atoms with Crippen molar-refractivity contribution in [2.45, 2.75) is 25.8 Å². The van der Waals surface area contributed by atoms with E-state index in [1.54, 1.807) is 35.0 Å². The van der Waals surface area contributed by atoms with Crippen molar-refractivity contribution in [3.63, 3.8) is 0 Å². The molecule has 3 aromatic rings. The highest BCUT2D eigenvalue weighted by Gasteiger charge is 2.23. The molecule has 0 atom stereocenters. The van der Waals surface area contributed by atoms with Crippen molar-refractivity contribution in [2.75, 3.05) is 5.32 Å². The number of nitrogens with one attached hydrogen (secondary N) is 2. The quantitative estimate of drug-likeness (QED) is 0.687. The molecule has 28 heavy (non-hydrogen) atoms. The second kappa shape index (κ2) is 7.48. The summed E-state index contributed by atoms with van der Waals surface area (Å²) in [6.07, 6.45) is 3.60. The van der Waals surface area contributed by atoms with Gasteiger partial charge in [0.25, 0.3) is 11.8 Å². The van der Waals surface area contributed by atoms with Crippen LogP contribution in [0.1, 0.15) is 39.3 Å². The van der Waals surface area contributed by atoms with Crippen molar-refractivity contribution in [3.8, 4) is 5.69 Å². The fourth-order valence-corrected chi connectivity index (χ4v) is 3.11. The Kier molecular flexibility index (Phi) is 4.88. The summed E-state index contributed by atoms with van der Waals surface area (Å²) in [4.78, 5) is 24.7. The molecule has 0 saturated heterocycles. The molecule has 1 heterocycles. The Labute approximate surface area is 167 Å². The Morgan fingerprint density at radius 1 is 1.07 bits per heavy atom. The Hall–Kier alpha value is -3.12. The lowest BCUT2D eigenvalue weighted by Gasteiger charge is -2.08. The Morgan fingerprint density at radius 3 is 2.46 bits per heavy atom. The molecular formula is C21H19ClN4O2. The third kappa shape index (κ3) is 3.77. The number of halogens is 1. The van der Waals surface area contributed by atoms with Crippen molar-refractivity contribution in [1.29, 1.82) is 0 Å². The van der Waals surface area contributed by atoms with Crippen LogP contribution in [-0.2, 0) is 0 Å². The van der Waals surface area contributed by atoms with E-state index in [2.05, 4.69) is 15.7 Å². The smallest absolute Gasteiger partial charge is 0.259 e. The van der Waals surface area contributed by atoms with Crippen LogP contribution in [0.25, 0.3) is 5.69 Å². The lowest BCUT2D eigenvalue weighted by atomic mass is 10.2. The van der Waals surface area contributed by atoms with E-state index in [9.17, 15) is 9.59 Å². The van der Waals surface area contributed by atoms with Gasteiger partial charge in [-0.3, -0.25) is 9.59 Å². The minimum atomic E-state index is -0.272. The predicted molar refractivity (Wildman–Crippen MR) is 108 cm³/mol. The summed E-state index contributed by atoms with van der Waals surface area (Å²) in [5.41, 5.74) is 3.04. The zero-order chi connectivity index (χ0) is 19.7. The molecule has 7 heteroatoms. The number of benzene rings is 2. The third-order valence-corrected chi connectivity index (χ3v) is 4.97. The first-order valence-electron chi connectivity index (χ1n) is 9.05. The van der Waals surface area contributed by atoms with Crippen LogP contribution in [0.4, 0.5) is 5.69 Å². The summed E-state index contributed by atoms with van der Waals surface area (Å²) in [6, 6.07) is 14.5. The zero-order valence-corrected chi connectivity index (χ0v) is 16.0. The van der Waals surface area contributed by atoms with Gasteiger partial charge in [-0.25, -0.2) is 4.68 Å². The highest BCUT2D eigenvalue weighted by molar-refractivity contribution is 6.32. The molecule has 1 saturated carbocycles. The standard InChI is InChI=1S/C21H19ClN4O2/c1-13-17(12-23-26(13)19-5-3-2-4-18(19)22)21(28)25-15-8-6-14(7-9-15)20(27)24-16-10-11-16/h2-9,12,16H,10-11H2,1H3,(H,24,27)(H,25,28). The molecule has 142 valence electrons. The highest BCUT2D eigenvalue weighted by atomic mass is 35.5. The minimum absolute atomic E-state index is 0.0859. The van der Waals surface area contributed by atoms with E-state index in [4.69, 9.17) is 11.6 Å². The molecular weight excluding hydrogens is 376 g/mol. The normalized spacial score (nSPS) is 13.2. The number of hydrogen-bond donors (Lipinski definition) is 2. The molecule has 0 aliphatic heterocycles. The van der Waals surface area contributed by atoms with E-state index in [0.29, 0.717) is 39.3 Å². The van der Waals surface area contributed by atoms with Gasteiger partial charge in [0.15, 0.2) is 0 Å². The van der Waals surface area contributed by atoms with Crippen LogP contribution in [0.5, 0.6) is 0 Å². The molecule has 2 amide bonds. The van der Waals surface area contributed by atoms with Crippen LogP contribution in [0.2, 0.25) is 5.02 Å². The van der Waals surface area contributed by atoms with Gasteiger partial charge in [0.2, 0.25) is 0 Å². The third-order valence-electron chi connectivity index (χ3n) is 4.65. The average molecular weight is 395 g/mol. The molecule has 1 aromatic heterocycles. The lowest BCUT2D eigenvalue weighted by Crippen LogP contribution is -2.25. The number of aromatic nitrogens is 2. The van der Waals surface area contributed by atoms with Gasteiger partial charge in [-0.2, -0.15) is 5.10 Å². The van der Waals surface area contributed by atoms with E-state index in [1.165, 1.54) is 6.20 Å². The number of hydrogen-bond acceptors (Lipinski definition) is 3. The lowest BCUT2D eigenvalue weighted by molar-refractivity contribution is 0.0950. The summed E-state index contributed by atoms with van der Waals surface area (Å²) >= 11 is 6.23.